The Morgan fingerprint density at radius 1 is 1.26 bits per heavy atom. The van der Waals surface area contributed by atoms with Crippen LogP contribution in [0.5, 0.6) is 0 Å². The molecule has 0 atom stereocenters. The summed E-state index contributed by atoms with van der Waals surface area (Å²) >= 11 is 3.36. The SMILES string of the molecule is CN(Cc1cccc(C#N)c1)c1ncc(CBr)cn1. The molecule has 2 rings (SSSR count). The van der Waals surface area contributed by atoms with Crippen molar-refractivity contribution in [1.82, 2.24) is 9.97 Å². The molecule has 0 amide bonds. The second-order valence-electron chi connectivity index (χ2n) is 4.19. The Morgan fingerprint density at radius 3 is 2.63 bits per heavy atom. The lowest BCUT2D eigenvalue weighted by Crippen LogP contribution is -2.19. The van der Waals surface area contributed by atoms with Crippen LogP contribution in [0.25, 0.3) is 0 Å². The van der Waals surface area contributed by atoms with Gasteiger partial charge in [0, 0.05) is 31.3 Å². The third-order valence-electron chi connectivity index (χ3n) is 2.66. The summed E-state index contributed by atoms with van der Waals surface area (Å²) in [4.78, 5) is 10.6. The Labute approximate surface area is 120 Å². The molecule has 0 saturated carbocycles. The molecule has 0 saturated heterocycles. The molecule has 1 heterocycles. The first-order chi connectivity index (χ1) is 9.22. The Bertz CT molecular complexity index is 589. The number of aromatic nitrogens is 2. The molecule has 19 heavy (non-hydrogen) atoms. The molecule has 1 aromatic carbocycles. The molecule has 0 N–H and O–H groups in total. The molecule has 1 aromatic heterocycles. The van der Waals surface area contributed by atoms with E-state index in [0.717, 1.165) is 16.5 Å². The average Bonchev–Trinajstić information content (AvgIpc) is 2.47. The van der Waals surface area contributed by atoms with Crippen molar-refractivity contribution in [1.29, 1.82) is 5.26 Å². The van der Waals surface area contributed by atoms with Gasteiger partial charge in [-0.25, -0.2) is 9.97 Å². The third-order valence-corrected chi connectivity index (χ3v) is 3.31. The highest BCUT2D eigenvalue weighted by Gasteiger charge is 2.05. The first-order valence-electron chi connectivity index (χ1n) is 5.80. The zero-order valence-electron chi connectivity index (χ0n) is 10.5. The summed E-state index contributed by atoms with van der Waals surface area (Å²) in [5.74, 6) is 0.673. The molecule has 5 heteroatoms. The van der Waals surface area contributed by atoms with Crippen LogP contribution >= 0.6 is 15.9 Å². The van der Waals surface area contributed by atoms with Gasteiger partial charge in [-0.05, 0) is 23.3 Å². The van der Waals surface area contributed by atoms with Crippen LogP contribution in [0.2, 0.25) is 0 Å². The summed E-state index contributed by atoms with van der Waals surface area (Å²) in [7, 11) is 1.93. The fourth-order valence-corrected chi connectivity index (χ4v) is 1.99. The Morgan fingerprint density at radius 2 is 2.00 bits per heavy atom. The van der Waals surface area contributed by atoms with Crippen LogP contribution in [-0.2, 0) is 11.9 Å². The first-order valence-corrected chi connectivity index (χ1v) is 6.92. The standard InChI is InChI=1S/C14H13BrN4/c1-19(14-17-8-13(6-15)9-18-14)10-12-4-2-3-11(5-12)7-16/h2-5,8-9H,6,10H2,1H3. The van der Waals surface area contributed by atoms with Crippen LogP contribution < -0.4 is 4.90 Å². The van der Waals surface area contributed by atoms with Crippen molar-refractivity contribution in [2.75, 3.05) is 11.9 Å². The number of alkyl halides is 1. The highest BCUT2D eigenvalue weighted by atomic mass is 79.9. The van der Waals surface area contributed by atoms with E-state index < -0.39 is 0 Å². The normalized spacial score (nSPS) is 9.95. The minimum Gasteiger partial charge on any atom is -0.340 e. The first kappa shape index (κ1) is 13.5. The number of anilines is 1. The zero-order valence-corrected chi connectivity index (χ0v) is 12.1. The van der Waals surface area contributed by atoms with Gasteiger partial charge in [0.15, 0.2) is 0 Å². The van der Waals surface area contributed by atoms with Crippen LogP contribution in [0, 0.1) is 11.3 Å². The number of rotatable bonds is 4. The van der Waals surface area contributed by atoms with Crippen molar-refractivity contribution < 1.29 is 0 Å². The topological polar surface area (TPSA) is 52.8 Å². The predicted molar refractivity (Wildman–Crippen MR) is 77.9 cm³/mol. The zero-order chi connectivity index (χ0) is 13.7. The van der Waals surface area contributed by atoms with Gasteiger partial charge in [0.2, 0.25) is 5.95 Å². The Balaban J connectivity index is 2.11. The molecule has 4 nitrogen and oxygen atoms in total. The van der Waals surface area contributed by atoms with Crippen LogP contribution in [0.1, 0.15) is 16.7 Å². The highest BCUT2D eigenvalue weighted by molar-refractivity contribution is 9.08. The van der Waals surface area contributed by atoms with Gasteiger partial charge in [0.25, 0.3) is 0 Å². The van der Waals surface area contributed by atoms with Crippen molar-refractivity contribution >= 4 is 21.9 Å². The van der Waals surface area contributed by atoms with Gasteiger partial charge in [-0.2, -0.15) is 5.26 Å². The molecule has 0 radical (unpaired) electrons. The molecule has 0 unspecified atom stereocenters. The quantitative estimate of drug-likeness (QED) is 0.814. The van der Waals surface area contributed by atoms with E-state index in [2.05, 4.69) is 32.0 Å². The van der Waals surface area contributed by atoms with Gasteiger partial charge in [-0.15, -0.1) is 0 Å². The second kappa shape index (κ2) is 6.30. The summed E-state index contributed by atoms with van der Waals surface area (Å²) in [5, 5.41) is 9.63. The minimum absolute atomic E-state index is 0.668. The monoisotopic (exact) mass is 316 g/mol. The number of nitriles is 1. The molecule has 0 aliphatic rings. The van der Waals surface area contributed by atoms with E-state index in [1.165, 1.54) is 0 Å². The van der Waals surface area contributed by atoms with E-state index in [0.29, 0.717) is 18.1 Å². The summed E-state index contributed by atoms with van der Waals surface area (Å²) in [5.41, 5.74) is 2.78. The maximum atomic E-state index is 8.88. The predicted octanol–water partition coefficient (Wildman–Crippen LogP) is 2.88. The third kappa shape index (κ3) is 3.52. The van der Waals surface area contributed by atoms with E-state index in [1.54, 1.807) is 18.5 Å². The van der Waals surface area contributed by atoms with Crippen molar-refractivity contribution in [3.63, 3.8) is 0 Å². The summed E-state index contributed by atoms with van der Waals surface area (Å²) in [6.45, 7) is 0.670. The lowest BCUT2D eigenvalue weighted by Gasteiger charge is -2.17. The van der Waals surface area contributed by atoms with Crippen molar-refractivity contribution in [3.8, 4) is 6.07 Å². The van der Waals surface area contributed by atoms with E-state index >= 15 is 0 Å². The number of benzene rings is 1. The van der Waals surface area contributed by atoms with Crippen molar-refractivity contribution in [2.45, 2.75) is 11.9 Å². The van der Waals surface area contributed by atoms with Crippen molar-refractivity contribution in [2.24, 2.45) is 0 Å². The molecular formula is C14H13BrN4. The maximum Gasteiger partial charge on any atom is 0.225 e. The second-order valence-corrected chi connectivity index (χ2v) is 4.75. The average molecular weight is 317 g/mol. The molecule has 96 valence electrons. The van der Waals surface area contributed by atoms with E-state index in [4.69, 9.17) is 5.26 Å². The Hall–Kier alpha value is -1.93. The van der Waals surface area contributed by atoms with Gasteiger partial charge in [0.05, 0.1) is 11.6 Å². The van der Waals surface area contributed by atoms with Crippen molar-refractivity contribution in [3.05, 3.63) is 53.3 Å². The molecule has 0 fully saturated rings. The van der Waals surface area contributed by atoms with Gasteiger partial charge < -0.3 is 4.90 Å². The summed E-state index contributed by atoms with van der Waals surface area (Å²) < 4.78 is 0. The van der Waals surface area contributed by atoms with Gasteiger partial charge in [-0.1, -0.05) is 28.1 Å². The van der Waals surface area contributed by atoms with E-state index in [1.807, 2.05) is 30.1 Å². The van der Waals surface area contributed by atoms with Gasteiger partial charge in [0.1, 0.15) is 0 Å². The molecule has 2 aromatic rings. The fourth-order valence-electron chi connectivity index (χ4n) is 1.70. The lowest BCUT2D eigenvalue weighted by atomic mass is 10.1. The van der Waals surface area contributed by atoms with Gasteiger partial charge in [-0.3, -0.25) is 0 Å². The number of hydrogen-bond donors (Lipinski definition) is 0. The van der Waals surface area contributed by atoms with Crippen LogP contribution in [0.15, 0.2) is 36.7 Å². The highest BCUT2D eigenvalue weighted by Crippen LogP contribution is 2.12. The number of hydrogen-bond acceptors (Lipinski definition) is 4. The lowest BCUT2D eigenvalue weighted by molar-refractivity contribution is 0.863. The van der Waals surface area contributed by atoms with Crippen LogP contribution in [-0.4, -0.2) is 17.0 Å². The van der Waals surface area contributed by atoms with Gasteiger partial charge >= 0.3 is 0 Å². The largest absolute Gasteiger partial charge is 0.340 e. The Kier molecular flexibility index (Phi) is 4.48. The minimum atomic E-state index is 0.668. The summed E-state index contributed by atoms with van der Waals surface area (Å²) in [6.07, 6.45) is 3.61. The molecule has 0 bridgehead atoms. The fraction of sp³-hybridized carbons (Fsp3) is 0.214. The molecule has 0 aliphatic heterocycles. The number of nitrogens with zero attached hydrogens (tertiary/aromatic N) is 4. The molecule has 0 spiro atoms. The molecular weight excluding hydrogens is 304 g/mol. The maximum absolute atomic E-state index is 8.88. The van der Waals surface area contributed by atoms with Crippen LogP contribution in [0.3, 0.4) is 0 Å². The number of halogens is 1. The smallest absolute Gasteiger partial charge is 0.225 e. The molecule has 0 aliphatic carbocycles. The van der Waals surface area contributed by atoms with E-state index in [-0.39, 0.29) is 0 Å². The van der Waals surface area contributed by atoms with E-state index in [9.17, 15) is 0 Å². The van der Waals surface area contributed by atoms with Crippen LogP contribution in [0.4, 0.5) is 5.95 Å². The summed E-state index contributed by atoms with van der Waals surface area (Å²) in [6, 6.07) is 9.69.